The van der Waals surface area contributed by atoms with Crippen LogP contribution < -0.4 is 4.57 Å². The van der Waals surface area contributed by atoms with Crippen molar-refractivity contribution in [3.63, 3.8) is 0 Å². The molecule has 2 rings (SSSR count). The van der Waals surface area contributed by atoms with Crippen LogP contribution in [0.25, 0.3) is 11.2 Å². The molecule has 2 aromatic rings. The number of hydrogen-bond acceptors (Lipinski definition) is 2. The van der Waals surface area contributed by atoms with Gasteiger partial charge in [0.2, 0.25) is 0 Å². The first kappa shape index (κ1) is 7.28. The maximum atomic E-state index is 5.26. The van der Waals surface area contributed by atoms with Crippen molar-refractivity contribution in [2.75, 3.05) is 0 Å². The van der Waals surface area contributed by atoms with Gasteiger partial charge in [-0.25, -0.2) is 4.98 Å². The van der Waals surface area contributed by atoms with E-state index in [9.17, 15) is 0 Å². The molecule has 0 aliphatic rings. The van der Waals surface area contributed by atoms with E-state index in [1.54, 1.807) is 0 Å². The lowest BCUT2D eigenvalue weighted by atomic mass is 10.3. The van der Waals surface area contributed by atoms with Gasteiger partial charge in [-0.05, 0) is 19.9 Å². The fourth-order valence-corrected chi connectivity index (χ4v) is 1.26. The topological polar surface area (TPSA) is 29.9 Å². The van der Waals surface area contributed by atoms with Crippen molar-refractivity contribution in [2.24, 2.45) is 0 Å². The first-order chi connectivity index (χ1) is 5.79. The van der Waals surface area contributed by atoms with Crippen molar-refractivity contribution in [1.29, 1.82) is 0 Å². The maximum Gasteiger partial charge on any atom is 0.401 e. The molecule has 0 N–H and O–H groups in total. The number of pyridine rings is 1. The highest BCUT2D eigenvalue weighted by molar-refractivity contribution is 5.63. The molecule has 3 nitrogen and oxygen atoms in total. The van der Waals surface area contributed by atoms with Gasteiger partial charge in [0.05, 0.1) is 0 Å². The molecule has 0 amide bonds. The lowest BCUT2D eigenvalue weighted by Gasteiger charge is -1.97. The molecule has 0 saturated heterocycles. The molecule has 0 atom stereocenters. The van der Waals surface area contributed by atoms with E-state index in [0.717, 1.165) is 11.2 Å². The summed E-state index contributed by atoms with van der Waals surface area (Å²) in [5, 5.41) is 0. The zero-order chi connectivity index (χ0) is 8.55. The minimum atomic E-state index is 0.404. The second-order valence-electron chi connectivity index (χ2n) is 3.05. The van der Waals surface area contributed by atoms with Gasteiger partial charge in [-0.15, -0.1) is 0 Å². The Morgan fingerprint density at radius 3 is 3.08 bits per heavy atom. The van der Waals surface area contributed by atoms with Crippen LogP contribution in [0.2, 0.25) is 0 Å². The molecule has 0 spiro atoms. The van der Waals surface area contributed by atoms with Crippen molar-refractivity contribution in [2.45, 2.75) is 19.9 Å². The molecular formula is C9H11N2O+. The van der Waals surface area contributed by atoms with Crippen molar-refractivity contribution < 1.29 is 8.98 Å². The van der Waals surface area contributed by atoms with Gasteiger partial charge in [-0.3, -0.25) is 0 Å². The highest BCUT2D eigenvalue weighted by Crippen LogP contribution is 2.07. The van der Waals surface area contributed by atoms with Crippen LogP contribution in [0.15, 0.2) is 29.1 Å². The van der Waals surface area contributed by atoms with E-state index < -0.39 is 0 Å². The van der Waals surface area contributed by atoms with E-state index in [2.05, 4.69) is 23.4 Å². The Kier molecular flexibility index (Phi) is 1.57. The molecule has 2 heterocycles. The Morgan fingerprint density at radius 2 is 2.33 bits per heavy atom. The summed E-state index contributed by atoms with van der Waals surface area (Å²) in [4.78, 5) is 4.07. The number of nitrogens with zero attached hydrogens (tertiary/aromatic N) is 2. The molecule has 0 fully saturated rings. The maximum absolute atomic E-state index is 5.26. The van der Waals surface area contributed by atoms with Crippen LogP contribution in [0, 0.1) is 0 Å². The third kappa shape index (κ3) is 0.978. The van der Waals surface area contributed by atoms with E-state index in [-0.39, 0.29) is 0 Å². The molecule has 2 aromatic heterocycles. The molecule has 12 heavy (non-hydrogen) atoms. The van der Waals surface area contributed by atoms with E-state index in [0.29, 0.717) is 6.04 Å². The third-order valence-electron chi connectivity index (χ3n) is 1.87. The summed E-state index contributed by atoms with van der Waals surface area (Å²) in [5.74, 6) is 0. The summed E-state index contributed by atoms with van der Waals surface area (Å²) < 4.78 is 7.32. The number of oxazole rings is 1. The Labute approximate surface area is 70.7 Å². The fourth-order valence-electron chi connectivity index (χ4n) is 1.26. The molecule has 0 unspecified atom stereocenters. The number of aromatic nitrogens is 2. The third-order valence-corrected chi connectivity index (χ3v) is 1.87. The first-order valence-corrected chi connectivity index (χ1v) is 4.02. The molecule has 0 aromatic carbocycles. The van der Waals surface area contributed by atoms with Gasteiger partial charge in [0, 0.05) is 6.07 Å². The van der Waals surface area contributed by atoms with Crippen molar-refractivity contribution in [3.05, 3.63) is 24.7 Å². The smallest absolute Gasteiger partial charge is 0.391 e. The summed E-state index contributed by atoms with van der Waals surface area (Å²) >= 11 is 0. The molecule has 0 saturated carbocycles. The van der Waals surface area contributed by atoms with Gasteiger partial charge >= 0.3 is 5.71 Å². The van der Waals surface area contributed by atoms with E-state index >= 15 is 0 Å². The molecule has 3 heteroatoms. The van der Waals surface area contributed by atoms with Crippen LogP contribution in [0.1, 0.15) is 19.9 Å². The summed E-state index contributed by atoms with van der Waals surface area (Å²) in [5.41, 5.74) is 1.75. The monoisotopic (exact) mass is 163 g/mol. The molecule has 0 radical (unpaired) electrons. The summed E-state index contributed by atoms with van der Waals surface area (Å²) in [6.45, 7) is 4.23. The second-order valence-corrected chi connectivity index (χ2v) is 3.05. The van der Waals surface area contributed by atoms with Gasteiger partial charge in [-0.2, -0.15) is 4.57 Å². The number of fused-ring (bicyclic) bond motifs is 1. The van der Waals surface area contributed by atoms with Crippen LogP contribution >= 0.6 is 0 Å². The van der Waals surface area contributed by atoms with Crippen molar-refractivity contribution in [3.8, 4) is 0 Å². The predicted octanol–water partition coefficient (Wildman–Crippen LogP) is 1.70. The summed E-state index contributed by atoms with van der Waals surface area (Å²) in [6, 6.07) is 4.32. The van der Waals surface area contributed by atoms with Crippen LogP contribution in [0.5, 0.6) is 0 Å². The van der Waals surface area contributed by atoms with E-state index in [1.807, 2.05) is 18.3 Å². The van der Waals surface area contributed by atoms with Crippen LogP contribution in [0.4, 0.5) is 0 Å². The molecule has 0 bridgehead atoms. The standard InChI is InChI=1S/C9H11N2O/c1-7(2)11-5-3-4-8-9(11)12-6-10-8/h3-7H,1-2H3/q+1. The molecule has 0 aliphatic carbocycles. The van der Waals surface area contributed by atoms with Crippen molar-refractivity contribution >= 4 is 11.2 Å². The average molecular weight is 163 g/mol. The predicted molar refractivity (Wildman–Crippen MR) is 44.6 cm³/mol. The summed E-state index contributed by atoms with van der Waals surface area (Å²) in [6.07, 6.45) is 3.47. The average Bonchev–Trinajstić information content (AvgIpc) is 2.49. The van der Waals surface area contributed by atoms with E-state index in [4.69, 9.17) is 4.42 Å². The lowest BCUT2D eigenvalue weighted by molar-refractivity contribution is -0.697. The first-order valence-electron chi connectivity index (χ1n) is 4.02. The van der Waals surface area contributed by atoms with Gasteiger partial charge < -0.3 is 4.42 Å². The number of rotatable bonds is 1. The Morgan fingerprint density at radius 1 is 1.50 bits per heavy atom. The van der Waals surface area contributed by atoms with Crippen LogP contribution in [-0.2, 0) is 0 Å². The highest BCUT2D eigenvalue weighted by Gasteiger charge is 2.14. The molecule has 62 valence electrons. The van der Waals surface area contributed by atoms with Gasteiger partial charge in [-0.1, -0.05) is 0 Å². The quantitative estimate of drug-likeness (QED) is 0.599. The van der Waals surface area contributed by atoms with Gasteiger partial charge in [0.1, 0.15) is 0 Å². The zero-order valence-corrected chi connectivity index (χ0v) is 7.19. The lowest BCUT2D eigenvalue weighted by Crippen LogP contribution is -2.35. The minimum absolute atomic E-state index is 0.404. The van der Waals surface area contributed by atoms with Crippen molar-refractivity contribution in [1.82, 2.24) is 4.98 Å². The minimum Gasteiger partial charge on any atom is -0.391 e. The Bertz CT molecular complexity index is 392. The normalized spacial score (nSPS) is 11.2. The van der Waals surface area contributed by atoms with Gasteiger partial charge in [0.15, 0.2) is 24.1 Å². The van der Waals surface area contributed by atoms with E-state index in [1.165, 1.54) is 6.39 Å². The summed E-state index contributed by atoms with van der Waals surface area (Å²) in [7, 11) is 0. The zero-order valence-electron chi connectivity index (χ0n) is 7.19. The van der Waals surface area contributed by atoms with Crippen LogP contribution in [-0.4, -0.2) is 4.98 Å². The van der Waals surface area contributed by atoms with Crippen LogP contribution in [0.3, 0.4) is 0 Å². The fraction of sp³-hybridized carbons (Fsp3) is 0.333. The Balaban J connectivity index is 2.73. The highest BCUT2D eigenvalue weighted by atomic mass is 16.3. The molecule has 0 aliphatic heterocycles. The largest absolute Gasteiger partial charge is 0.401 e. The SMILES string of the molecule is CC(C)[n+]1cccc2ncoc21. The van der Waals surface area contributed by atoms with Gasteiger partial charge in [0.25, 0.3) is 0 Å². The molecular weight excluding hydrogens is 152 g/mol. The number of hydrogen-bond donors (Lipinski definition) is 0. The Hall–Kier alpha value is -1.38. The second kappa shape index (κ2) is 2.59.